The average molecular weight is 383 g/mol. The Kier molecular flexibility index (Phi) is 4.76. The van der Waals surface area contributed by atoms with Crippen LogP contribution in [0.4, 0.5) is 23.7 Å². The van der Waals surface area contributed by atoms with E-state index in [1.165, 1.54) is 18.2 Å². The molecule has 9 heteroatoms. The molecule has 0 saturated carbocycles. The normalized spacial score (nSPS) is 19.5. The van der Waals surface area contributed by atoms with Crippen molar-refractivity contribution in [1.29, 1.82) is 15.9 Å². The van der Waals surface area contributed by atoms with E-state index in [9.17, 15) is 23.2 Å². The maximum atomic E-state index is 13.0. The summed E-state index contributed by atoms with van der Waals surface area (Å²) in [6.07, 6.45) is -4.61. The zero-order chi connectivity index (χ0) is 20.5. The summed E-state index contributed by atoms with van der Waals surface area (Å²) in [6.45, 7) is 0. The van der Waals surface area contributed by atoms with Crippen LogP contribution in [-0.4, -0.2) is 11.9 Å². The third-order valence-electron chi connectivity index (χ3n) is 4.32. The lowest BCUT2D eigenvalue weighted by Crippen LogP contribution is -2.56. The molecule has 0 radical (unpaired) electrons. The van der Waals surface area contributed by atoms with Gasteiger partial charge < -0.3 is 5.32 Å². The van der Waals surface area contributed by atoms with Gasteiger partial charge in [-0.1, -0.05) is 18.2 Å². The molecule has 2 aromatic rings. The first-order valence-electron chi connectivity index (χ1n) is 8.02. The predicted molar refractivity (Wildman–Crippen MR) is 93.2 cm³/mol. The highest BCUT2D eigenvalue weighted by Gasteiger charge is 2.41. The molecule has 2 N–H and O–H groups in total. The Morgan fingerprint density at radius 3 is 2.36 bits per heavy atom. The molecule has 0 bridgehead atoms. The molecule has 28 heavy (non-hydrogen) atoms. The molecular formula is C19H12F3N5O. The number of hydrogen-bond acceptors (Lipinski definition) is 4. The van der Waals surface area contributed by atoms with E-state index >= 15 is 0 Å². The van der Waals surface area contributed by atoms with Crippen molar-refractivity contribution in [3.05, 3.63) is 65.2 Å². The summed E-state index contributed by atoms with van der Waals surface area (Å²) in [5.74, 6) is -1.56. The van der Waals surface area contributed by atoms with Gasteiger partial charge in [0.1, 0.15) is 11.8 Å². The number of carbonyl (C=O) groups is 1. The number of hydrogen-bond donors (Lipinski definition) is 2. The fourth-order valence-electron chi connectivity index (χ4n) is 2.94. The first kappa shape index (κ1) is 18.9. The summed E-state index contributed by atoms with van der Waals surface area (Å²) in [4.78, 5) is 13.3. The third kappa shape index (κ3) is 3.38. The van der Waals surface area contributed by atoms with Gasteiger partial charge in [0.2, 0.25) is 0 Å². The van der Waals surface area contributed by atoms with E-state index in [0.29, 0.717) is 11.1 Å². The van der Waals surface area contributed by atoms with Crippen LogP contribution in [0, 0.1) is 34.0 Å². The number of halogens is 3. The van der Waals surface area contributed by atoms with Crippen LogP contribution in [0.5, 0.6) is 0 Å². The minimum absolute atomic E-state index is 0.157. The molecule has 3 rings (SSSR count). The number of amidine groups is 1. The van der Waals surface area contributed by atoms with Gasteiger partial charge in [-0.05, 0) is 35.9 Å². The van der Waals surface area contributed by atoms with E-state index in [2.05, 4.69) is 5.32 Å². The standard InChI is InChI=1S/C19H12F3N5O/c20-19(21,22)13-2-1-3-14(8-13)27-17(25)15(10-24)16(26-18(27)28)12-6-4-11(9-23)5-7-12/h1-8,15-16,25H,(H,26,28). The second-order valence-electron chi connectivity index (χ2n) is 6.04. The molecule has 2 aromatic carbocycles. The van der Waals surface area contributed by atoms with Gasteiger partial charge in [-0.15, -0.1) is 0 Å². The zero-order valence-corrected chi connectivity index (χ0v) is 14.2. The van der Waals surface area contributed by atoms with Gasteiger partial charge in [-0.2, -0.15) is 23.7 Å². The van der Waals surface area contributed by atoms with E-state index in [0.717, 1.165) is 23.1 Å². The second-order valence-corrected chi connectivity index (χ2v) is 6.04. The van der Waals surface area contributed by atoms with Gasteiger partial charge in [-0.3, -0.25) is 5.41 Å². The van der Waals surface area contributed by atoms with Crippen molar-refractivity contribution in [2.24, 2.45) is 5.92 Å². The van der Waals surface area contributed by atoms with Crippen LogP contribution < -0.4 is 10.2 Å². The molecule has 1 aliphatic rings. The Bertz CT molecular complexity index is 1020. The summed E-state index contributed by atoms with van der Waals surface area (Å²) in [6, 6.07) is 12.3. The highest BCUT2D eigenvalue weighted by Crippen LogP contribution is 2.35. The van der Waals surface area contributed by atoms with Crippen LogP contribution in [0.25, 0.3) is 0 Å². The summed E-state index contributed by atoms with van der Waals surface area (Å²) in [7, 11) is 0. The van der Waals surface area contributed by atoms with Crippen molar-refractivity contribution < 1.29 is 18.0 Å². The number of nitrogens with one attached hydrogen (secondary N) is 2. The Balaban J connectivity index is 1.96. The lowest BCUT2D eigenvalue weighted by atomic mass is 9.90. The van der Waals surface area contributed by atoms with Crippen molar-refractivity contribution in [2.45, 2.75) is 12.2 Å². The van der Waals surface area contributed by atoms with Crippen LogP contribution in [-0.2, 0) is 6.18 Å². The number of nitrogens with zero attached hydrogens (tertiary/aromatic N) is 3. The molecule has 0 spiro atoms. The average Bonchev–Trinajstić information content (AvgIpc) is 2.67. The number of rotatable bonds is 2. The molecule has 1 aliphatic heterocycles. The number of urea groups is 1. The molecule has 0 aliphatic carbocycles. The van der Waals surface area contributed by atoms with Gasteiger partial charge in [0.25, 0.3) is 0 Å². The first-order valence-corrected chi connectivity index (χ1v) is 8.02. The van der Waals surface area contributed by atoms with Crippen LogP contribution in [0.2, 0.25) is 0 Å². The van der Waals surface area contributed by atoms with Crippen LogP contribution >= 0.6 is 0 Å². The topological polar surface area (TPSA) is 104 Å². The molecule has 2 amide bonds. The van der Waals surface area contributed by atoms with E-state index in [1.807, 2.05) is 12.1 Å². The first-order chi connectivity index (χ1) is 13.3. The maximum absolute atomic E-state index is 13.0. The van der Waals surface area contributed by atoms with Gasteiger partial charge in [0, 0.05) is 0 Å². The van der Waals surface area contributed by atoms with E-state index < -0.39 is 35.6 Å². The van der Waals surface area contributed by atoms with Gasteiger partial charge in [0.15, 0.2) is 0 Å². The van der Waals surface area contributed by atoms with Crippen molar-refractivity contribution in [2.75, 3.05) is 4.90 Å². The fraction of sp³-hybridized carbons (Fsp3) is 0.158. The predicted octanol–water partition coefficient (Wildman–Crippen LogP) is 3.97. The molecular weight excluding hydrogens is 371 g/mol. The maximum Gasteiger partial charge on any atom is 0.416 e. The Hall–Kier alpha value is -3.85. The van der Waals surface area contributed by atoms with Gasteiger partial charge in [-0.25, -0.2) is 9.69 Å². The lowest BCUT2D eigenvalue weighted by molar-refractivity contribution is -0.137. The third-order valence-corrected chi connectivity index (χ3v) is 4.32. The molecule has 140 valence electrons. The summed E-state index contributed by atoms with van der Waals surface area (Å²) >= 11 is 0. The Labute approximate surface area is 157 Å². The van der Waals surface area contributed by atoms with E-state index in [-0.39, 0.29) is 5.69 Å². The number of nitriles is 2. The zero-order valence-electron chi connectivity index (χ0n) is 14.2. The second kappa shape index (κ2) is 7.05. The van der Waals surface area contributed by atoms with Crippen molar-refractivity contribution in [3.8, 4) is 12.1 Å². The lowest BCUT2D eigenvalue weighted by Gasteiger charge is -2.36. The highest BCUT2D eigenvalue weighted by atomic mass is 19.4. The van der Waals surface area contributed by atoms with Crippen molar-refractivity contribution >= 4 is 17.6 Å². The monoisotopic (exact) mass is 383 g/mol. The van der Waals surface area contributed by atoms with Gasteiger partial charge >= 0.3 is 12.2 Å². The van der Waals surface area contributed by atoms with E-state index in [4.69, 9.17) is 10.7 Å². The molecule has 1 heterocycles. The highest BCUT2D eigenvalue weighted by molar-refractivity contribution is 6.18. The minimum atomic E-state index is -4.61. The molecule has 2 atom stereocenters. The molecule has 1 saturated heterocycles. The Morgan fingerprint density at radius 2 is 1.79 bits per heavy atom. The SMILES string of the molecule is N#Cc1ccc(C2NC(=O)N(c3cccc(C(F)(F)F)c3)C(=N)C2C#N)cc1. The van der Waals surface area contributed by atoms with Gasteiger partial charge in [0.05, 0.1) is 35.0 Å². The van der Waals surface area contributed by atoms with Crippen LogP contribution in [0.1, 0.15) is 22.7 Å². The molecule has 2 unspecified atom stereocenters. The molecule has 6 nitrogen and oxygen atoms in total. The van der Waals surface area contributed by atoms with Crippen LogP contribution in [0.15, 0.2) is 48.5 Å². The number of benzene rings is 2. The summed E-state index contributed by atoms with van der Waals surface area (Å²) in [5, 5.41) is 29.2. The summed E-state index contributed by atoms with van der Waals surface area (Å²) < 4.78 is 38.9. The van der Waals surface area contributed by atoms with Crippen molar-refractivity contribution in [1.82, 2.24) is 5.32 Å². The number of amides is 2. The number of alkyl halides is 3. The number of anilines is 1. The molecule has 0 aromatic heterocycles. The van der Waals surface area contributed by atoms with Crippen LogP contribution in [0.3, 0.4) is 0 Å². The quantitative estimate of drug-likeness (QED) is 0.820. The minimum Gasteiger partial charge on any atom is -0.329 e. The largest absolute Gasteiger partial charge is 0.416 e. The fourth-order valence-corrected chi connectivity index (χ4v) is 2.94. The smallest absolute Gasteiger partial charge is 0.329 e. The van der Waals surface area contributed by atoms with Crippen molar-refractivity contribution in [3.63, 3.8) is 0 Å². The Morgan fingerprint density at radius 1 is 1.11 bits per heavy atom. The molecule has 1 fully saturated rings. The van der Waals surface area contributed by atoms with E-state index in [1.54, 1.807) is 12.1 Å². The number of carbonyl (C=O) groups excluding carboxylic acids is 1. The summed E-state index contributed by atoms with van der Waals surface area (Å²) in [5.41, 5.74) is -0.225.